The molecule has 2 rings (SSSR count). The molecule has 0 bridgehead atoms. The third-order valence-corrected chi connectivity index (χ3v) is 3.44. The van der Waals surface area contributed by atoms with Crippen LogP contribution >= 0.6 is 11.6 Å². The van der Waals surface area contributed by atoms with E-state index >= 15 is 0 Å². The fourth-order valence-electron chi connectivity index (χ4n) is 2.25. The maximum Gasteiger partial charge on any atom is 0.355 e. The number of hydrogen-bond acceptors (Lipinski definition) is 3. The largest absolute Gasteiger partial charge is 0.461 e. The summed E-state index contributed by atoms with van der Waals surface area (Å²) in [5.74, 6) is -0.393. The molecule has 1 aliphatic rings. The fraction of sp³-hybridized carbons (Fsp3) is 0.500. The van der Waals surface area contributed by atoms with Gasteiger partial charge in [0, 0.05) is 13.5 Å². The first kappa shape index (κ1) is 12.2. The van der Waals surface area contributed by atoms with Gasteiger partial charge in [-0.25, -0.2) is 4.79 Å². The summed E-state index contributed by atoms with van der Waals surface area (Å²) in [6.07, 6.45) is 1.97. The summed E-state index contributed by atoms with van der Waals surface area (Å²) in [5.41, 5.74) is 1.66. The van der Waals surface area contributed by atoms with E-state index < -0.39 is 5.97 Å². The average Bonchev–Trinajstić information content (AvgIpc) is 2.53. The van der Waals surface area contributed by atoms with E-state index in [1.165, 1.54) is 0 Å². The van der Waals surface area contributed by atoms with Crippen LogP contribution in [0.1, 0.15) is 46.2 Å². The van der Waals surface area contributed by atoms with Gasteiger partial charge in [-0.1, -0.05) is 11.6 Å². The molecule has 0 spiro atoms. The lowest BCUT2D eigenvalue weighted by Gasteiger charge is -2.11. The molecule has 1 aromatic heterocycles. The van der Waals surface area contributed by atoms with Crippen LogP contribution in [0.3, 0.4) is 0 Å². The highest BCUT2D eigenvalue weighted by atomic mass is 35.5. The molecule has 0 atom stereocenters. The minimum Gasteiger partial charge on any atom is -0.461 e. The predicted octanol–water partition coefficient (Wildman–Crippen LogP) is 2.37. The Morgan fingerprint density at radius 3 is 2.82 bits per heavy atom. The molecule has 0 amide bonds. The summed E-state index contributed by atoms with van der Waals surface area (Å²) in [6.45, 7) is 2.06. The van der Waals surface area contributed by atoms with Crippen LogP contribution in [0.5, 0.6) is 0 Å². The lowest BCUT2D eigenvalue weighted by molar-refractivity contribution is 0.0514. The number of carbonyl (C=O) groups excluding carboxylic acids is 2. The Balaban J connectivity index is 2.57. The van der Waals surface area contributed by atoms with E-state index in [1.807, 2.05) is 0 Å². The molecular formula is C12H14ClNO3. The standard InChI is InChI=1S/C12H14ClNO3/c1-3-17-12(16)10-7-5-4-6-8(15)9(7)11(13)14(10)2/h3-6H2,1-2H3. The summed E-state index contributed by atoms with van der Waals surface area (Å²) in [7, 11) is 1.68. The molecule has 0 saturated heterocycles. The second-order valence-corrected chi connectivity index (χ2v) is 4.41. The lowest BCUT2D eigenvalue weighted by atomic mass is 9.92. The smallest absolute Gasteiger partial charge is 0.355 e. The van der Waals surface area contributed by atoms with Gasteiger partial charge in [0.2, 0.25) is 0 Å². The number of Topliss-reactive ketones (excluding diaryl/α,β-unsaturated/α-hetero) is 1. The molecule has 17 heavy (non-hydrogen) atoms. The van der Waals surface area contributed by atoms with Gasteiger partial charge in [0.1, 0.15) is 10.8 Å². The van der Waals surface area contributed by atoms with Gasteiger partial charge in [-0.3, -0.25) is 4.79 Å². The molecule has 0 aromatic carbocycles. The summed E-state index contributed by atoms with van der Waals surface area (Å²) in [6, 6.07) is 0. The van der Waals surface area contributed by atoms with E-state index in [2.05, 4.69) is 0 Å². The number of halogens is 1. The highest BCUT2D eigenvalue weighted by Gasteiger charge is 2.31. The van der Waals surface area contributed by atoms with Gasteiger partial charge in [-0.2, -0.15) is 0 Å². The first-order valence-corrected chi connectivity index (χ1v) is 6.03. The van der Waals surface area contributed by atoms with Gasteiger partial charge in [-0.05, 0) is 25.3 Å². The molecule has 1 aromatic rings. The number of nitrogens with zero attached hydrogens (tertiary/aromatic N) is 1. The Bertz CT molecular complexity index is 490. The van der Waals surface area contributed by atoms with Crippen LogP contribution in [-0.4, -0.2) is 22.9 Å². The van der Waals surface area contributed by atoms with Crippen molar-refractivity contribution in [3.63, 3.8) is 0 Å². The van der Waals surface area contributed by atoms with Crippen molar-refractivity contribution in [1.29, 1.82) is 0 Å². The monoisotopic (exact) mass is 255 g/mol. The average molecular weight is 256 g/mol. The van der Waals surface area contributed by atoms with E-state index in [-0.39, 0.29) is 5.78 Å². The van der Waals surface area contributed by atoms with Crippen molar-refractivity contribution < 1.29 is 14.3 Å². The van der Waals surface area contributed by atoms with E-state index in [4.69, 9.17) is 16.3 Å². The molecule has 0 N–H and O–H groups in total. The van der Waals surface area contributed by atoms with Gasteiger partial charge in [-0.15, -0.1) is 0 Å². The second-order valence-electron chi connectivity index (χ2n) is 4.05. The van der Waals surface area contributed by atoms with E-state index in [0.717, 1.165) is 12.0 Å². The summed E-state index contributed by atoms with van der Waals surface area (Å²) in [4.78, 5) is 23.6. The molecule has 1 aliphatic carbocycles. The van der Waals surface area contributed by atoms with Crippen LogP contribution in [0.15, 0.2) is 0 Å². The Morgan fingerprint density at radius 2 is 2.18 bits per heavy atom. The second kappa shape index (κ2) is 4.53. The molecule has 0 unspecified atom stereocenters. The Morgan fingerprint density at radius 1 is 1.47 bits per heavy atom. The number of hydrogen-bond donors (Lipinski definition) is 0. The molecule has 5 heteroatoms. The molecular weight excluding hydrogens is 242 g/mol. The van der Waals surface area contributed by atoms with Gasteiger partial charge in [0.25, 0.3) is 0 Å². The van der Waals surface area contributed by atoms with Crippen LogP contribution in [-0.2, 0) is 18.2 Å². The molecule has 0 fully saturated rings. The zero-order valence-electron chi connectivity index (χ0n) is 9.88. The van der Waals surface area contributed by atoms with Gasteiger partial charge in [0.05, 0.1) is 12.2 Å². The zero-order valence-corrected chi connectivity index (χ0v) is 10.6. The van der Waals surface area contributed by atoms with Crippen LogP contribution in [0.2, 0.25) is 5.15 Å². The number of esters is 1. The van der Waals surface area contributed by atoms with E-state index in [0.29, 0.717) is 35.9 Å². The lowest BCUT2D eigenvalue weighted by Crippen LogP contribution is -2.14. The molecule has 0 saturated carbocycles. The molecule has 0 aliphatic heterocycles. The summed E-state index contributed by atoms with van der Waals surface area (Å²) in [5, 5.41) is 0.341. The van der Waals surface area contributed by atoms with E-state index in [1.54, 1.807) is 18.5 Å². The van der Waals surface area contributed by atoms with Crippen LogP contribution < -0.4 is 0 Å². The van der Waals surface area contributed by atoms with Crippen LogP contribution in [0, 0.1) is 0 Å². The quantitative estimate of drug-likeness (QED) is 0.763. The maximum absolute atomic E-state index is 11.8. The summed E-state index contributed by atoms with van der Waals surface area (Å²) >= 11 is 6.11. The van der Waals surface area contributed by atoms with Crippen LogP contribution in [0.25, 0.3) is 0 Å². The Hall–Kier alpha value is -1.29. The van der Waals surface area contributed by atoms with Crippen molar-refractivity contribution in [3.8, 4) is 0 Å². The zero-order chi connectivity index (χ0) is 12.6. The Labute approximate surface area is 105 Å². The van der Waals surface area contributed by atoms with E-state index in [9.17, 15) is 9.59 Å². The van der Waals surface area contributed by atoms with Crippen LogP contribution in [0.4, 0.5) is 0 Å². The normalized spacial score (nSPS) is 14.6. The first-order chi connectivity index (χ1) is 8.07. The van der Waals surface area contributed by atoms with Crippen molar-refractivity contribution in [2.75, 3.05) is 6.61 Å². The first-order valence-electron chi connectivity index (χ1n) is 5.65. The summed E-state index contributed by atoms with van der Waals surface area (Å²) < 4.78 is 6.54. The number of aromatic nitrogens is 1. The van der Waals surface area contributed by atoms with Crippen molar-refractivity contribution in [3.05, 3.63) is 22.0 Å². The SMILES string of the molecule is CCOC(=O)c1c2c(c(Cl)n1C)C(=O)CCC2. The highest BCUT2D eigenvalue weighted by molar-refractivity contribution is 6.34. The number of ketones is 1. The topological polar surface area (TPSA) is 48.3 Å². The maximum atomic E-state index is 11.8. The third kappa shape index (κ3) is 1.86. The Kier molecular flexibility index (Phi) is 3.24. The highest BCUT2D eigenvalue weighted by Crippen LogP contribution is 2.33. The van der Waals surface area contributed by atoms with Gasteiger partial charge < -0.3 is 9.30 Å². The van der Waals surface area contributed by atoms with Crippen molar-refractivity contribution in [2.24, 2.45) is 7.05 Å². The number of rotatable bonds is 2. The van der Waals surface area contributed by atoms with Crippen molar-refractivity contribution in [2.45, 2.75) is 26.2 Å². The minimum absolute atomic E-state index is 0.0161. The predicted molar refractivity (Wildman–Crippen MR) is 63.6 cm³/mol. The molecule has 0 radical (unpaired) electrons. The molecule has 4 nitrogen and oxygen atoms in total. The minimum atomic E-state index is -0.409. The number of fused-ring (bicyclic) bond motifs is 1. The van der Waals surface area contributed by atoms with Crippen molar-refractivity contribution in [1.82, 2.24) is 4.57 Å². The molecule has 92 valence electrons. The van der Waals surface area contributed by atoms with Gasteiger partial charge >= 0.3 is 5.97 Å². The number of ether oxygens (including phenoxy) is 1. The van der Waals surface area contributed by atoms with Crippen molar-refractivity contribution >= 4 is 23.4 Å². The number of carbonyl (C=O) groups is 2. The van der Waals surface area contributed by atoms with Gasteiger partial charge in [0.15, 0.2) is 5.78 Å². The molecule has 1 heterocycles. The third-order valence-electron chi connectivity index (χ3n) is 3.00. The fourth-order valence-corrected chi connectivity index (χ4v) is 2.55.